The van der Waals surface area contributed by atoms with Crippen molar-refractivity contribution in [3.8, 4) is 0 Å². The number of ether oxygens (including phenoxy) is 1. The Kier molecular flexibility index (Phi) is 8.85. The lowest BCUT2D eigenvalue weighted by molar-refractivity contribution is -0.137. The van der Waals surface area contributed by atoms with Gasteiger partial charge in [0.2, 0.25) is 11.8 Å². The van der Waals surface area contributed by atoms with Gasteiger partial charge in [-0.25, -0.2) is 4.79 Å². The molecule has 0 aromatic heterocycles. The smallest absolute Gasteiger partial charge is 0.408 e. The third kappa shape index (κ3) is 8.42. The summed E-state index contributed by atoms with van der Waals surface area (Å²) in [4.78, 5) is 45.7. The number of aliphatic carboxylic acids is 1. The van der Waals surface area contributed by atoms with Crippen molar-refractivity contribution in [2.45, 2.75) is 12.5 Å². The van der Waals surface area contributed by atoms with Crippen molar-refractivity contribution in [3.05, 3.63) is 71.8 Å². The van der Waals surface area contributed by atoms with E-state index < -0.39 is 49.6 Å². The molecule has 9 nitrogen and oxygen atoms in total. The fourth-order valence-corrected chi connectivity index (χ4v) is 2.52. The SMILES string of the molecule is O=C(O)CNC(=O)CNC(=O)CNC(=O)O[C@@H](Cc1ccccc1)c1ccccc1. The molecule has 4 N–H and O–H groups in total. The van der Waals surface area contributed by atoms with Crippen molar-refractivity contribution >= 4 is 23.9 Å². The number of carbonyl (C=O) groups excluding carboxylic acids is 3. The number of hydrogen-bond donors (Lipinski definition) is 4. The molecule has 0 saturated heterocycles. The molecule has 158 valence electrons. The van der Waals surface area contributed by atoms with Gasteiger partial charge in [0, 0.05) is 6.42 Å². The minimum atomic E-state index is -1.19. The van der Waals surface area contributed by atoms with Crippen LogP contribution in [0, 0.1) is 0 Å². The highest BCUT2D eigenvalue weighted by molar-refractivity contribution is 5.88. The Hall–Kier alpha value is -3.88. The van der Waals surface area contributed by atoms with Gasteiger partial charge in [-0.1, -0.05) is 60.7 Å². The van der Waals surface area contributed by atoms with Gasteiger partial charge in [0.1, 0.15) is 19.2 Å². The Morgan fingerprint density at radius 1 is 0.767 bits per heavy atom. The third-order valence-electron chi connectivity index (χ3n) is 3.96. The van der Waals surface area contributed by atoms with Crippen molar-refractivity contribution in [1.29, 1.82) is 0 Å². The van der Waals surface area contributed by atoms with Gasteiger partial charge in [-0.05, 0) is 11.1 Å². The van der Waals surface area contributed by atoms with Crippen molar-refractivity contribution in [3.63, 3.8) is 0 Å². The molecule has 0 saturated carbocycles. The second-order valence-electron chi connectivity index (χ2n) is 6.30. The summed E-state index contributed by atoms with van der Waals surface area (Å²) in [6.45, 7) is -1.33. The first-order chi connectivity index (χ1) is 14.4. The van der Waals surface area contributed by atoms with Crippen LogP contribution in [0.4, 0.5) is 4.79 Å². The fourth-order valence-electron chi connectivity index (χ4n) is 2.52. The molecule has 1 atom stereocenters. The molecule has 30 heavy (non-hydrogen) atoms. The number of amides is 3. The number of alkyl carbamates (subject to hydrolysis) is 1. The van der Waals surface area contributed by atoms with E-state index in [9.17, 15) is 19.2 Å². The van der Waals surface area contributed by atoms with Crippen LogP contribution in [0.2, 0.25) is 0 Å². The van der Waals surface area contributed by atoms with Crippen LogP contribution in [0.5, 0.6) is 0 Å². The Balaban J connectivity index is 1.83. The molecular formula is C21H23N3O6. The number of carboxylic acids is 1. The molecule has 2 aromatic carbocycles. The number of nitrogens with one attached hydrogen (secondary N) is 3. The highest BCUT2D eigenvalue weighted by Crippen LogP contribution is 2.22. The maximum absolute atomic E-state index is 12.2. The summed E-state index contributed by atoms with van der Waals surface area (Å²) in [5.74, 6) is -2.46. The van der Waals surface area contributed by atoms with Crippen LogP contribution in [0.25, 0.3) is 0 Å². The minimum absolute atomic E-state index is 0.391. The molecular weight excluding hydrogens is 390 g/mol. The van der Waals surface area contributed by atoms with Gasteiger partial charge < -0.3 is 25.8 Å². The summed E-state index contributed by atoms with van der Waals surface area (Å²) in [5.41, 5.74) is 1.81. The molecule has 0 aliphatic heterocycles. The predicted octanol–water partition coefficient (Wildman–Crippen LogP) is 1.01. The molecule has 9 heteroatoms. The highest BCUT2D eigenvalue weighted by atomic mass is 16.6. The summed E-state index contributed by atoms with van der Waals surface area (Å²) in [7, 11) is 0. The van der Waals surface area contributed by atoms with E-state index in [1.807, 2.05) is 60.7 Å². The first kappa shape index (κ1) is 22.4. The van der Waals surface area contributed by atoms with Crippen molar-refractivity contribution in [2.24, 2.45) is 0 Å². The first-order valence-corrected chi connectivity index (χ1v) is 9.22. The summed E-state index contributed by atoms with van der Waals surface area (Å²) in [5, 5.41) is 15.2. The van der Waals surface area contributed by atoms with Crippen LogP contribution in [0.3, 0.4) is 0 Å². The molecule has 0 unspecified atom stereocenters. The van der Waals surface area contributed by atoms with E-state index in [0.29, 0.717) is 6.42 Å². The van der Waals surface area contributed by atoms with E-state index in [0.717, 1.165) is 11.1 Å². The van der Waals surface area contributed by atoms with E-state index in [2.05, 4.69) is 16.0 Å². The van der Waals surface area contributed by atoms with E-state index in [4.69, 9.17) is 9.84 Å². The normalized spacial score (nSPS) is 11.1. The lowest BCUT2D eigenvalue weighted by Gasteiger charge is -2.19. The quantitative estimate of drug-likeness (QED) is 0.459. The van der Waals surface area contributed by atoms with Gasteiger partial charge in [-0.2, -0.15) is 0 Å². The monoisotopic (exact) mass is 413 g/mol. The zero-order chi connectivity index (χ0) is 21.8. The Bertz CT molecular complexity index is 858. The van der Waals surface area contributed by atoms with E-state index in [-0.39, 0.29) is 0 Å². The molecule has 3 amide bonds. The van der Waals surface area contributed by atoms with Gasteiger partial charge in [0.15, 0.2) is 0 Å². The second kappa shape index (κ2) is 11.8. The molecule has 0 fully saturated rings. The van der Waals surface area contributed by atoms with Crippen LogP contribution in [0.1, 0.15) is 17.2 Å². The zero-order valence-corrected chi connectivity index (χ0v) is 16.2. The standard InChI is InChI=1S/C21H23N3O6/c25-18(23-14-20(27)28)12-22-19(26)13-24-21(29)30-17(16-9-5-2-6-10-16)11-15-7-3-1-4-8-15/h1-10,17H,11-14H2,(H,22,26)(H,23,25)(H,24,29)(H,27,28)/t17-/m0/s1. The number of carbonyl (C=O) groups is 4. The maximum atomic E-state index is 12.2. The molecule has 0 radical (unpaired) electrons. The number of benzene rings is 2. The first-order valence-electron chi connectivity index (χ1n) is 9.22. The maximum Gasteiger partial charge on any atom is 0.408 e. The highest BCUT2D eigenvalue weighted by Gasteiger charge is 2.18. The molecule has 2 rings (SSSR count). The average molecular weight is 413 g/mol. The minimum Gasteiger partial charge on any atom is -0.480 e. The third-order valence-corrected chi connectivity index (χ3v) is 3.96. The lowest BCUT2D eigenvalue weighted by Crippen LogP contribution is -2.43. The fraction of sp³-hybridized carbons (Fsp3) is 0.238. The van der Waals surface area contributed by atoms with Gasteiger partial charge in [0.05, 0.1) is 6.54 Å². The lowest BCUT2D eigenvalue weighted by atomic mass is 10.0. The van der Waals surface area contributed by atoms with Crippen LogP contribution in [-0.4, -0.2) is 48.6 Å². The van der Waals surface area contributed by atoms with Crippen LogP contribution < -0.4 is 16.0 Å². The van der Waals surface area contributed by atoms with E-state index in [1.165, 1.54) is 0 Å². The molecule has 0 bridgehead atoms. The molecule has 2 aromatic rings. The van der Waals surface area contributed by atoms with Gasteiger partial charge in [-0.15, -0.1) is 0 Å². The zero-order valence-electron chi connectivity index (χ0n) is 16.2. The van der Waals surface area contributed by atoms with Crippen LogP contribution in [0.15, 0.2) is 60.7 Å². The van der Waals surface area contributed by atoms with Crippen LogP contribution >= 0.6 is 0 Å². The molecule has 0 heterocycles. The number of hydrogen-bond acceptors (Lipinski definition) is 5. The Morgan fingerprint density at radius 2 is 1.30 bits per heavy atom. The van der Waals surface area contributed by atoms with Crippen molar-refractivity contribution < 1.29 is 29.0 Å². The van der Waals surface area contributed by atoms with Gasteiger partial charge in [0.25, 0.3) is 0 Å². The molecule has 0 aliphatic rings. The molecule has 0 aliphatic carbocycles. The molecule has 0 spiro atoms. The topological polar surface area (TPSA) is 134 Å². The summed E-state index contributed by atoms with van der Waals surface area (Å²) >= 11 is 0. The van der Waals surface area contributed by atoms with Crippen molar-refractivity contribution in [2.75, 3.05) is 19.6 Å². The summed E-state index contributed by atoms with van der Waals surface area (Å²) in [6.07, 6.45) is -0.850. The van der Waals surface area contributed by atoms with E-state index in [1.54, 1.807) is 0 Å². The van der Waals surface area contributed by atoms with Gasteiger partial charge >= 0.3 is 12.1 Å². The van der Waals surface area contributed by atoms with E-state index >= 15 is 0 Å². The largest absolute Gasteiger partial charge is 0.480 e. The summed E-state index contributed by atoms with van der Waals surface area (Å²) in [6, 6.07) is 18.8. The number of rotatable bonds is 10. The number of carboxylic acid groups (broad SMARTS) is 1. The Morgan fingerprint density at radius 3 is 1.90 bits per heavy atom. The average Bonchev–Trinajstić information content (AvgIpc) is 2.75. The van der Waals surface area contributed by atoms with Crippen molar-refractivity contribution in [1.82, 2.24) is 16.0 Å². The predicted molar refractivity (Wildman–Crippen MR) is 107 cm³/mol. The van der Waals surface area contributed by atoms with Crippen LogP contribution in [-0.2, 0) is 25.5 Å². The van der Waals surface area contributed by atoms with Gasteiger partial charge in [-0.3, -0.25) is 14.4 Å². The second-order valence-corrected chi connectivity index (χ2v) is 6.30. The summed E-state index contributed by atoms with van der Waals surface area (Å²) < 4.78 is 5.51. The Labute approximate surface area is 173 Å².